The van der Waals surface area contributed by atoms with E-state index in [-0.39, 0.29) is 0 Å². The molecule has 0 aliphatic carbocycles. The fraction of sp³-hybridized carbons (Fsp3) is 0.381. The highest BCUT2D eigenvalue weighted by atomic mass is 35.5. The number of benzene rings is 2. The Morgan fingerprint density at radius 2 is 1.96 bits per heavy atom. The van der Waals surface area contributed by atoms with E-state index in [1.807, 2.05) is 54.2 Å². The van der Waals surface area contributed by atoms with Gasteiger partial charge in [0.2, 0.25) is 0 Å². The molecule has 27 heavy (non-hydrogen) atoms. The average molecular weight is 423 g/mol. The van der Waals surface area contributed by atoms with Crippen molar-refractivity contribution in [3.8, 4) is 5.75 Å². The van der Waals surface area contributed by atoms with Crippen molar-refractivity contribution in [3.63, 3.8) is 0 Å². The average Bonchev–Trinajstić information content (AvgIpc) is 2.63. The minimum absolute atomic E-state index is 0.629. The van der Waals surface area contributed by atoms with Gasteiger partial charge in [0.25, 0.3) is 0 Å². The second-order valence-electron chi connectivity index (χ2n) is 6.60. The molecule has 146 valence electrons. The molecule has 0 heterocycles. The number of para-hydroxylation sites is 1. The van der Waals surface area contributed by atoms with Gasteiger partial charge in [-0.2, -0.15) is 11.8 Å². The van der Waals surface area contributed by atoms with E-state index in [2.05, 4.69) is 30.5 Å². The number of ether oxygens (including phenoxy) is 1. The van der Waals surface area contributed by atoms with Gasteiger partial charge in [-0.05, 0) is 54.4 Å². The SMILES string of the molecule is CC(C)CCOc1ccc(CSCCNC(=S)Nc2ccccc2)cc1Cl. The fourth-order valence-corrected chi connectivity index (χ4v) is 3.56. The first-order chi connectivity index (χ1) is 13.0. The monoisotopic (exact) mass is 422 g/mol. The van der Waals surface area contributed by atoms with Crippen molar-refractivity contribution in [1.29, 1.82) is 0 Å². The van der Waals surface area contributed by atoms with Crippen molar-refractivity contribution in [3.05, 3.63) is 59.1 Å². The predicted octanol–water partition coefficient (Wildman–Crippen LogP) is 5.98. The molecule has 0 radical (unpaired) electrons. The minimum atomic E-state index is 0.629. The molecule has 2 aromatic carbocycles. The van der Waals surface area contributed by atoms with Gasteiger partial charge < -0.3 is 15.4 Å². The highest BCUT2D eigenvalue weighted by Gasteiger charge is 2.04. The van der Waals surface area contributed by atoms with Crippen LogP contribution < -0.4 is 15.4 Å². The van der Waals surface area contributed by atoms with Crippen molar-refractivity contribution in [2.75, 3.05) is 24.2 Å². The van der Waals surface area contributed by atoms with Crippen LogP contribution in [0.2, 0.25) is 5.02 Å². The smallest absolute Gasteiger partial charge is 0.170 e. The van der Waals surface area contributed by atoms with Crippen LogP contribution in [0.25, 0.3) is 0 Å². The van der Waals surface area contributed by atoms with Crippen LogP contribution in [0.15, 0.2) is 48.5 Å². The summed E-state index contributed by atoms with van der Waals surface area (Å²) < 4.78 is 5.75. The highest BCUT2D eigenvalue weighted by Crippen LogP contribution is 2.27. The van der Waals surface area contributed by atoms with E-state index >= 15 is 0 Å². The zero-order valence-electron chi connectivity index (χ0n) is 15.8. The van der Waals surface area contributed by atoms with Crippen molar-refractivity contribution < 1.29 is 4.74 Å². The molecule has 0 bridgehead atoms. The normalized spacial score (nSPS) is 10.7. The predicted molar refractivity (Wildman–Crippen MR) is 123 cm³/mol. The van der Waals surface area contributed by atoms with E-state index in [9.17, 15) is 0 Å². The van der Waals surface area contributed by atoms with E-state index in [0.29, 0.717) is 22.7 Å². The first kappa shape index (κ1) is 21.9. The maximum atomic E-state index is 6.33. The maximum absolute atomic E-state index is 6.33. The molecule has 0 aromatic heterocycles. The Kier molecular flexibility index (Phi) is 9.81. The van der Waals surface area contributed by atoms with E-state index in [1.165, 1.54) is 5.56 Å². The Bertz CT molecular complexity index is 711. The zero-order valence-corrected chi connectivity index (χ0v) is 18.2. The Labute approximate surface area is 177 Å². The molecule has 0 aliphatic heterocycles. The number of nitrogens with one attached hydrogen (secondary N) is 2. The van der Waals surface area contributed by atoms with Gasteiger partial charge in [0.1, 0.15) is 5.75 Å². The number of rotatable bonds is 10. The van der Waals surface area contributed by atoms with E-state index in [4.69, 9.17) is 28.6 Å². The number of anilines is 1. The van der Waals surface area contributed by atoms with E-state index in [1.54, 1.807) is 0 Å². The molecule has 0 atom stereocenters. The first-order valence-electron chi connectivity index (χ1n) is 9.13. The van der Waals surface area contributed by atoms with Gasteiger partial charge in [0, 0.05) is 23.7 Å². The van der Waals surface area contributed by atoms with E-state index in [0.717, 1.165) is 35.9 Å². The van der Waals surface area contributed by atoms with E-state index < -0.39 is 0 Å². The number of halogens is 1. The molecule has 0 aliphatic rings. The Balaban J connectivity index is 1.63. The molecule has 2 rings (SSSR count). The molecular formula is C21H27ClN2OS2. The van der Waals surface area contributed by atoms with Crippen molar-refractivity contribution >= 4 is 46.4 Å². The quantitative estimate of drug-likeness (QED) is 0.363. The molecule has 0 saturated carbocycles. The highest BCUT2D eigenvalue weighted by molar-refractivity contribution is 7.98. The number of hydrogen-bond donors (Lipinski definition) is 2. The van der Waals surface area contributed by atoms with Gasteiger partial charge in [-0.25, -0.2) is 0 Å². The lowest BCUT2D eigenvalue weighted by Gasteiger charge is -2.11. The van der Waals surface area contributed by atoms with Crippen molar-refractivity contribution in [1.82, 2.24) is 5.32 Å². The summed E-state index contributed by atoms with van der Waals surface area (Å²) in [5.41, 5.74) is 2.19. The molecule has 6 heteroatoms. The minimum Gasteiger partial charge on any atom is -0.492 e. The standard InChI is InChI=1S/C21H27ClN2OS2/c1-16(2)10-12-25-20-9-8-17(14-19(20)22)15-27-13-11-23-21(26)24-18-6-4-3-5-7-18/h3-9,14,16H,10-13,15H2,1-2H3,(H2,23,24,26). The Morgan fingerprint density at radius 1 is 1.19 bits per heavy atom. The second kappa shape index (κ2) is 12.1. The summed E-state index contributed by atoms with van der Waals surface area (Å²) >= 11 is 13.5. The summed E-state index contributed by atoms with van der Waals surface area (Å²) in [5.74, 6) is 3.27. The molecule has 0 saturated heterocycles. The van der Waals surface area contributed by atoms with Crippen LogP contribution in [0.5, 0.6) is 5.75 Å². The zero-order chi connectivity index (χ0) is 19.5. The molecule has 2 N–H and O–H groups in total. The molecule has 0 amide bonds. The van der Waals surface area contributed by atoms with Crippen LogP contribution >= 0.6 is 35.6 Å². The van der Waals surface area contributed by atoms with Crippen LogP contribution in [0.1, 0.15) is 25.8 Å². The lowest BCUT2D eigenvalue weighted by Crippen LogP contribution is -2.30. The molecule has 3 nitrogen and oxygen atoms in total. The second-order valence-corrected chi connectivity index (χ2v) is 8.52. The Hall–Kier alpha value is -1.43. The summed E-state index contributed by atoms with van der Waals surface area (Å²) in [6.45, 7) is 5.89. The van der Waals surface area contributed by atoms with Gasteiger partial charge in [0.15, 0.2) is 5.11 Å². The molecular weight excluding hydrogens is 396 g/mol. The largest absolute Gasteiger partial charge is 0.492 e. The summed E-state index contributed by atoms with van der Waals surface area (Å²) in [4.78, 5) is 0. The first-order valence-corrected chi connectivity index (χ1v) is 11.1. The summed E-state index contributed by atoms with van der Waals surface area (Å²) in [5, 5.41) is 7.72. The van der Waals surface area contributed by atoms with Gasteiger partial charge in [0.05, 0.1) is 11.6 Å². The number of thiocarbonyl (C=S) groups is 1. The van der Waals surface area contributed by atoms with Gasteiger partial charge in [-0.15, -0.1) is 0 Å². The third kappa shape index (κ3) is 8.87. The summed E-state index contributed by atoms with van der Waals surface area (Å²) in [6, 6.07) is 16.0. The van der Waals surface area contributed by atoms with Crippen LogP contribution in [0.3, 0.4) is 0 Å². The van der Waals surface area contributed by atoms with Crippen LogP contribution in [0.4, 0.5) is 5.69 Å². The van der Waals surface area contributed by atoms with Crippen LogP contribution in [-0.4, -0.2) is 24.0 Å². The lowest BCUT2D eigenvalue weighted by molar-refractivity contribution is 0.289. The third-order valence-electron chi connectivity index (χ3n) is 3.78. The van der Waals surface area contributed by atoms with Crippen molar-refractivity contribution in [2.45, 2.75) is 26.0 Å². The molecule has 0 fully saturated rings. The summed E-state index contributed by atoms with van der Waals surface area (Å²) in [7, 11) is 0. The topological polar surface area (TPSA) is 33.3 Å². The fourth-order valence-electron chi connectivity index (χ4n) is 2.28. The number of hydrogen-bond acceptors (Lipinski definition) is 3. The number of thioether (sulfide) groups is 1. The molecule has 0 spiro atoms. The third-order valence-corrected chi connectivity index (χ3v) is 5.35. The maximum Gasteiger partial charge on any atom is 0.170 e. The Morgan fingerprint density at radius 3 is 2.67 bits per heavy atom. The lowest BCUT2D eigenvalue weighted by atomic mass is 10.1. The van der Waals surface area contributed by atoms with Crippen LogP contribution in [-0.2, 0) is 5.75 Å². The molecule has 0 unspecified atom stereocenters. The van der Waals surface area contributed by atoms with Gasteiger partial charge in [-0.3, -0.25) is 0 Å². The van der Waals surface area contributed by atoms with Gasteiger partial charge in [-0.1, -0.05) is 49.7 Å². The molecule has 2 aromatic rings. The van der Waals surface area contributed by atoms with Crippen LogP contribution in [0, 0.1) is 5.92 Å². The summed E-state index contributed by atoms with van der Waals surface area (Å²) in [6.07, 6.45) is 1.03. The van der Waals surface area contributed by atoms with Gasteiger partial charge >= 0.3 is 0 Å². The van der Waals surface area contributed by atoms with Crippen molar-refractivity contribution in [2.24, 2.45) is 5.92 Å².